The first-order valence-corrected chi connectivity index (χ1v) is 5.95. The lowest BCUT2D eigenvalue weighted by molar-refractivity contribution is 0.334. The molecule has 0 bridgehead atoms. The number of fused-ring (bicyclic) bond motifs is 3. The standard InChI is InChI=1S/C13H11NOS/c14-8-15-10-5-3-7-12-13(10)9-4-1-2-6-11(9)16-12/h1-7H,8,14H2. The van der Waals surface area contributed by atoms with Crippen LogP contribution in [-0.2, 0) is 0 Å². The molecule has 0 fully saturated rings. The first-order chi connectivity index (χ1) is 7.90. The van der Waals surface area contributed by atoms with Gasteiger partial charge in [-0.1, -0.05) is 24.3 Å². The van der Waals surface area contributed by atoms with Crippen molar-refractivity contribution in [3.05, 3.63) is 42.5 Å². The molecule has 3 heteroatoms. The molecule has 3 aromatic rings. The minimum atomic E-state index is 0.212. The van der Waals surface area contributed by atoms with Gasteiger partial charge in [-0.05, 0) is 18.2 Å². The molecule has 80 valence electrons. The maximum Gasteiger partial charge on any atom is 0.137 e. The summed E-state index contributed by atoms with van der Waals surface area (Å²) < 4.78 is 8.00. The molecule has 0 spiro atoms. The Morgan fingerprint density at radius 1 is 1.00 bits per heavy atom. The van der Waals surface area contributed by atoms with E-state index in [4.69, 9.17) is 10.5 Å². The van der Waals surface area contributed by atoms with Gasteiger partial charge in [0.05, 0.1) is 0 Å². The number of hydrogen-bond donors (Lipinski definition) is 1. The van der Waals surface area contributed by atoms with Gasteiger partial charge < -0.3 is 4.74 Å². The van der Waals surface area contributed by atoms with Crippen molar-refractivity contribution in [2.24, 2.45) is 5.73 Å². The third-order valence-electron chi connectivity index (χ3n) is 2.60. The highest BCUT2D eigenvalue weighted by Crippen LogP contribution is 2.38. The average Bonchev–Trinajstić information content (AvgIpc) is 2.68. The molecule has 0 saturated carbocycles. The molecule has 1 aromatic heterocycles. The Hall–Kier alpha value is -1.58. The van der Waals surface area contributed by atoms with Gasteiger partial charge in [0.2, 0.25) is 0 Å². The van der Waals surface area contributed by atoms with Crippen LogP contribution in [0.5, 0.6) is 5.75 Å². The summed E-state index contributed by atoms with van der Waals surface area (Å²) in [4.78, 5) is 0. The van der Waals surface area contributed by atoms with Crippen LogP contribution in [0.4, 0.5) is 0 Å². The van der Waals surface area contributed by atoms with Gasteiger partial charge in [0, 0.05) is 20.2 Å². The second kappa shape index (κ2) is 3.77. The van der Waals surface area contributed by atoms with Gasteiger partial charge in [-0.2, -0.15) is 0 Å². The van der Waals surface area contributed by atoms with E-state index in [1.807, 2.05) is 18.2 Å². The maximum absolute atomic E-state index is 5.47. The highest BCUT2D eigenvalue weighted by atomic mass is 32.1. The zero-order valence-electron chi connectivity index (χ0n) is 8.64. The predicted octanol–water partition coefficient (Wildman–Crippen LogP) is 3.35. The fraction of sp³-hybridized carbons (Fsp3) is 0.0769. The van der Waals surface area contributed by atoms with Gasteiger partial charge in [-0.3, -0.25) is 5.73 Å². The van der Waals surface area contributed by atoms with Crippen LogP contribution in [0.1, 0.15) is 0 Å². The van der Waals surface area contributed by atoms with Crippen LogP contribution in [-0.4, -0.2) is 6.73 Å². The molecule has 0 saturated heterocycles. The average molecular weight is 229 g/mol. The molecule has 0 amide bonds. The molecule has 0 aliphatic carbocycles. The van der Waals surface area contributed by atoms with Crippen LogP contribution in [0, 0.1) is 0 Å². The molecule has 0 radical (unpaired) electrons. The molecule has 2 nitrogen and oxygen atoms in total. The lowest BCUT2D eigenvalue weighted by Gasteiger charge is -2.04. The van der Waals surface area contributed by atoms with Crippen molar-refractivity contribution in [1.29, 1.82) is 0 Å². The summed E-state index contributed by atoms with van der Waals surface area (Å²) in [6.07, 6.45) is 0. The predicted molar refractivity (Wildman–Crippen MR) is 69.0 cm³/mol. The number of nitrogens with two attached hydrogens (primary N) is 1. The van der Waals surface area contributed by atoms with Gasteiger partial charge in [-0.25, -0.2) is 0 Å². The van der Waals surface area contributed by atoms with Crippen molar-refractivity contribution < 1.29 is 4.74 Å². The van der Waals surface area contributed by atoms with Crippen LogP contribution < -0.4 is 10.5 Å². The third kappa shape index (κ3) is 1.37. The van der Waals surface area contributed by atoms with Crippen molar-refractivity contribution in [2.45, 2.75) is 0 Å². The topological polar surface area (TPSA) is 35.2 Å². The Bertz CT molecular complexity index is 645. The van der Waals surface area contributed by atoms with Crippen LogP contribution in [0.25, 0.3) is 20.2 Å². The molecular formula is C13H11NOS. The van der Waals surface area contributed by atoms with E-state index in [9.17, 15) is 0 Å². The Kier molecular flexibility index (Phi) is 2.27. The van der Waals surface area contributed by atoms with Crippen molar-refractivity contribution in [2.75, 3.05) is 6.73 Å². The highest BCUT2D eigenvalue weighted by Gasteiger charge is 2.08. The summed E-state index contributed by atoms with van der Waals surface area (Å²) in [5, 5.41) is 2.42. The summed E-state index contributed by atoms with van der Waals surface area (Å²) in [7, 11) is 0. The third-order valence-corrected chi connectivity index (χ3v) is 3.74. The lowest BCUT2D eigenvalue weighted by atomic mass is 10.1. The Morgan fingerprint density at radius 2 is 1.81 bits per heavy atom. The van der Waals surface area contributed by atoms with Gasteiger partial charge >= 0.3 is 0 Å². The second-order valence-electron chi connectivity index (χ2n) is 3.54. The van der Waals surface area contributed by atoms with E-state index < -0.39 is 0 Å². The van der Waals surface area contributed by atoms with E-state index >= 15 is 0 Å². The summed E-state index contributed by atoms with van der Waals surface area (Å²) in [6.45, 7) is 0.212. The molecule has 0 aliphatic rings. The lowest BCUT2D eigenvalue weighted by Crippen LogP contribution is -2.07. The van der Waals surface area contributed by atoms with Gasteiger partial charge in [0.15, 0.2) is 0 Å². The van der Waals surface area contributed by atoms with E-state index in [-0.39, 0.29) is 6.73 Å². The quantitative estimate of drug-likeness (QED) is 0.684. The molecular weight excluding hydrogens is 218 g/mol. The maximum atomic E-state index is 5.47. The monoisotopic (exact) mass is 229 g/mol. The Morgan fingerprint density at radius 3 is 2.69 bits per heavy atom. The largest absolute Gasteiger partial charge is 0.478 e. The zero-order chi connectivity index (χ0) is 11.0. The van der Waals surface area contributed by atoms with E-state index in [2.05, 4.69) is 24.3 Å². The van der Waals surface area contributed by atoms with E-state index in [0.29, 0.717) is 0 Å². The van der Waals surface area contributed by atoms with Gasteiger partial charge in [0.25, 0.3) is 0 Å². The van der Waals surface area contributed by atoms with Gasteiger partial charge in [0.1, 0.15) is 12.5 Å². The Labute approximate surface area is 97.3 Å². The summed E-state index contributed by atoms with van der Waals surface area (Å²) in [5.74, 6) is 0.873. The van der Waals surface area contributed by atoms with Crippen LogP contribution in [0.3, 0.4) is 0 Å². The number of thiophene rings is 1. The second-order valence-corrected chi connectivity index (χ2v) is 4.62. The SMILES string of the molecule is NCOc1cccc2sc3ccccc3c12. The first kappa shape index (κ1) is 9.63. The summed E-state index contributed by atoms with van der Waals surface area (Å²) in [5.41, 5.74) is 5.45. The van der Waals surface area contributed by atoms with Crippen molar-refractivity contribution in [3.8, 4) is 5.75 Å². The summed E-state index contributed by atoms with van der Waals surface area (Å²) >= 11 is 1.78. The molecule has 0 unspecified atom stereocenters. The minimum absolute atomic E-state index is 0.212. The van der Waals surface area contributed by atoms with E-state index in [0.717, 1.165) is 5.75 Å². The number of hydrogen-bond acceptors (Lipinski definition) is 3. The molecule has 2 N–H and O–H groups in total. The number of ether oxygens (including phenoxy) is 1. The van der Waals surface area contributed by atoms with Crippen LogP contribution >= 0.6 is 11.3 Å². The van der Waals surface area contributed by atoms with Crippen LogP contribution in [0.15, 0.2) is 42.5 Å². The smallest absolute Gasteiger partial charge is 0.137 e. The normalized spacial score (nSPS) is 11.1. The molecule has 1 heterocycles. The number of benzene rings is 2. The highest BCUT2D eigenvalue weighted by molar-refractivity contribution is 7.25. The zero-order valence-corrected chi connectivity index (χ0v) is 9.46. The fourth-order valence-corrected chi connectivity index (χ4v) is 3.08. The first-order valence-electron chi connectivity index (χ1n) is 5.13. The molecule has 0 aliphatic heterocycles. The molecule has 2 aromatic carbocycles. The molecule has 0 atom stereocenters. The molecule has 16 heavy (non-hydrogen) atoms. The van der Waals surface area contributed by atoms with Gasteiger partial charge in [-0.15, -0.1) is 11.3 Å². The van der Waals surface area contributed by atoms with E-state index in [1.54, 1.807) is 11.3 Å². The van der Waals surface area contributed by atoms with Crippen molar-refractivity contribution >= 4 is 31.5 Å². The van der Waals surface area contributed by atoms with Crippen molar-refractivity contribution in [1.82, 2.24) is 0 Å². The number of rotatable bonds is 2. The minimum Gasteiger partial charge on any atom is -0.478 e. The molecule has 3 rings (SSSR count). The Balaban J connectivity index is 2.43. The fourth-order valence-electron chi connectivity index (χ4n) is 1.95. The van der Waals surface area contributed by atoms with E-state index in [1.165, 1.54) is 20.2 Å². The van der Waals surface area contributed by atoms with Crippen LogP contribution in [0.2, 0.25) is 0 Å². The van der Waals surface area contributed by atoms with Crippen molar-refractivity contribution in [3.63, 3.8) is 0 Å². The summed E-state index contributed by atoms with van der Waals surface area (Å²) in [6, 6.07) is 14.4.